The van der Waals surface area contributed by atoms with E-state index in [0.29, 0.717) is 5.92 Å². The maximum Gasteiger partial charge on any atom is 0.0996 e. The minimum atomic E-state index is -0.0443. The molecule has 0 amide bonds. The molecule has 0 spiro atoms. The van der Waals surface area contributed by atoms with Gasteiger partial charge < -0.3 is 5.73 Å². The zero-order valence-corrected chi connectivity index (χ0v) is 10.8. The van der Waals surface area contributed by atoms with Crippen molar-refractivity contribution in [3.8, 4) is 0 Å². The molecule has 0 bridgehead atoms. The Balaban J connectivity index is 1.95. The average molecular weight is 245 g/mol. The van der Waals surface area contributed by atoms with E-state index in [0.717, 1.165) is 18.7 Å². The van der Waals surface area contributed by atoms with E-state index in [1.807, 2.05) is 23.1 Å². The Bertz CT molecular complexity index is 477. The van der Waals surface area contributed by atoms with Gasteiger partial charge in [0.1, 0.15) is 0 Å². The van der Waals surface area contributed by atoms with E-state index in [-0.39, 0.29) is 6.04 Å². The Hall–Kier alpha value is -1.75. The highest BCUT2D eigenvalue weighted by Crippen LogP contribution is 2.15. The van der Waals surface area contributed by atoms with Gasteiger partial charge in [0, 0.05) is 18.9 Å². The van der Waals surface area contributed by atoms with Gasteiger partial charge in [0.25, 0.3) is 0 Å². The molecule has 2 rings (SSSR count). The van der Waals surface area contributed by atoms with Crippen LogP contribution in [0.3, 0.4) is 0 Å². The van der Waals surface area contributed by atoms with Gasteiger partial charge in [-0.05, 0) is 24.0 Å². The van der Waals surface area contributed by atoms with Crippen molar-refractivity contribution < 1.29 is 0 Å². The maximum atomic E-state index is 6.03. The first-order chi connectivity index (χ1) is 8.66. The van der Waals surface area contributed by atoms with Crippen LogP contribution in [0.2, 0.25) is 0 Å². The highest BCUT2D eigenvalue weighted by molar-refractivity contribution is 5.08. The van der Waals surface area contributed by atoms with Crippen LogP contribution >= 0.6 is 0 Å². The number of hydrogen-bond donors (Lipinski definition) is 1. The van der Waals surface area contributed by atoms with Gasteiger partial charge in [0.15, 0.2) is 0 Å². The summed E-state index contributed by atoms with van der Waals surface area (Å²) in [5.74, 6) is 0.369. The molecule has 0 fully saturated rings. The summed E-state index contributed by atoms with van der Waals surface area (Å²) in [5, 5.41) is 8.22. The number of pyridine rings is 1. The summed E-state index contributed by atoms with van der Waals surface area (Å²) in [5.41, 5.74) is 8.09. The molecule has 18 heavy (non-hydrogen) atoms. The minimum Gasteiger partial charge on any atom is -0.322 e. The molecule has 5 nitrogen and oxygen atoms in total. The third kappa shape index (κ3) is 3.13. The highest BCUT2D eigenvalue weighted by atomic mass is 15.4. The van der Waals surface area contributed by atoms with Crippen molar-refractivity contribution in [2.75, 3.05) is 0 Å². The lowest BCUT2D eigenvalue weighted by Crippen LogP contribution is -2.17. The van der Waals surface area contributed by atoms with Gasteiger partial charge in [-0.25, -0.2) is 0 Å². The van der Waals surface area contributed by atoms with Crippen molar-refractivity contribution in [1.82, 2.24) is 20.0 Å². The molecule has 2 aromatic heterocycles. The fraction of sp³-hybridized carbons (Fsp3) is 0.462. The van der Waals surface area contributed by atoms with Crippen LogP contribution in [-0.4, -0.2) is 20.0 Å². The van der Waals surface area contributed by atoms with Crippen LogP contribution in [0.1, 0.15) is 31.1 Å². The molecule has 2 heterocycles. The first-order valence-electron chi connectivity index (χ1n) is 6.21. The van der Waals surface area contributed by atoms with E-state index in [1.165, 1.54) is 5.56 Å². The summed E-state index contributed by atoms with van der Waals surface area (Å²) in [6, 6.07) is 3.96. The monoisotopic (exact) mass is 245 g/mol. The fourth-order valence-corrected chi connectivity index (χ4v) is 1.71. The van der Waals surface area contributed by atoms with Gasteiger partial charge in [-0.1, -0.05) is 25.1 Å². The SMILES string of the molecule is CC(C)C(N)c1cn(CCc2cccnc2)nn1. The molecular weight excluding hydrogens is 226 g/mol. The zero-order valence-electron chi connectivity index (χ0n) is 10.8. The van der Waals surface area contributed by atoms with Gasteiger partial charge in [-0.15, -0.1) is 5.10 Å². The quantitative estimate of drug-likeness (QED) is 0.868. The number of nitrogens with zero attached hydrogens (tertiary/aromatic N) is 4. The van der Waals surface area contributed by atoms with Crippen LogP contribution in [-0.2, 0) is 13.0 Å². The van der Waals surface area contributed by atoms with Crippen LogP contribution in [0.5, 0.6) is 0 Å². The van der Waals surface area contributed by atoms with Crippen molar-refractivity contribution in [3.63, 3.8) is 0 Å². The number of rotatable bonds is 5. The predicted molar refractivity (Wildman–Crippen MR) is 69.7 cm³/mol. The average Bonchev–Trinajstić information content (AvgIpc) is 2.85. The molecular formula is C13H19N5. The minimum absolute atomic E-state index is 0.0443. The first kappa shape index (κ1) is 12.7. The highest BCUT2D eigenvalue weighted by Gasteiger charge is 2.14. The smallest absolute Gasteiger partial charge is 0.0996 e. The lowest BCUT2D eigenvalue weighted by molar-refractivity contribution is 0.502. The maximum absolute atomic E-state index is 6.03. The van der Waals surface area contributed by atoms with Crippen molar-refractivity contribution in [2.45, 2.75) is 32.9 Å². The normalized spacial score (nSPS) is 12.9. The molecule has 2 aromatic rings. The van der Waals surface area contributed by atoms with Crippen LogP contribution < -0.4 is 5.73 Å². The van der Waals surface area contributed by atoms with Gasteiger partial charge in [0.05, 0.1) is 17.9 Å². The van der Waals surface area contributed by atoms with Crippen molar-refractivity contribution in [3.05, 3.63) is 42.0 Å². The van der Waals surface area contributed by atoms with Crippen molar-refractivity contribution in [1.29, 1.82) is 0 Å². The van der Waals surface area contributed by atoms with Gasteiger partial charge in [-0.3, -0.25) is 9.67 Å². The van der Waals surface area contributed by atoms with E-state index in [9.17, 15) is 0 Å². The van der Waals surface area contributed by atoms with Crippen molar-refractivity contribution >= 4 is 0 Å². The Morgan fingerprint density at radius 1 is 1.39 bits per heavy atom. The third-order valence-corrected chi connectivity index (χ3v) is 2.97. The van der Waals surface area contributed by atoms with Gasteiger partial charge in [0.2, 0.25) is 0 Å². The summed E-state index contributed by atoms with van der Waals surface area (Å²) in [7, 11) is 0. The zero-order chi connectivity index (χ0) is 13.0. The van der Waals surface area contributed by atoms with E-state index in [4.69, 9.17) is 5.73 Å². The largest absolute Gasteiger partial charge is 0.322 e. The summed E-state index contributed by atoms with van der Waals surface area (Å²) in [6.07, 6.45) is 6.48. The summed E-state index contributed by atoms with van der Waals surface area (Å²) in [4.78, 5) is 4.09. The molecule has 5 heteroatoms. The van der Waals surface area contributed by atoms with Crippen molar-refractivity contribution in [2.24, 2.45) is 11.7 Å². The molecule has 1 unspecified atom stereocenters. The second kappa shape index (κ2) is 5.73. The molecule has 0 aliphatic rings. The molecule has 0 radical (unpaired) electrons. The Kier molecular flexibility index (Phi) is 4.04. The lowest BCUT2D eigenvalue weighted by Gasteiger charge is -2.11. The Morgan fingerprint density at radius 3 is 2.89 bits per heavy atom. The molecule has 1 atom stereocenters. The Labute approximate surface area is 107 Å². The second-order valence-corrected chi connectivity index (χ2v) is 4.79. The summed E-state index contributed by atoms with van der Waals surface area (Å²) < 4.78 is 1.84. The van der Waals surface area contributed by atoms with Crippen LogP contribution in [0, 0.1) is 5.92 Å². The van der Waals surface area contributed by atoms with Gasteiger partial charge >= 0.3 is 0 Å². The van der Waals surface area contributed by atoms with E-state index in [1.54, 1.807) is 6.20 Å². The van der Waals surface area contributed by atoms with E-state index >= 15 is 0 Å². The predicted octanol–water partition coefficient (Wildman–Crippen LogP) is 1.57. The van der Waals surface area contributed by atoms with Crippen LogP contribution in [0.4, 0.5) is 0 Å². The second-order valence-electron chi connectivity index (χ2n) is 4.79. The fourth-order valence-electron chi connectivity index (χ4n) is 1.71. The third-order valence-electron chi connectivity index (χ3n) is 2.97. The topological polar surface area (TPSA) is 69.6 Å². The first-order valence-corrected chi connectivity index (χ1v) is 6.21. The standard InChI is InChI=1S/C13H19N5/c1-10(2)13(14)12-9-18(17-16-12)7-5-11-4-3-6-15-8-11/h3-4,6,8-10,13H,5,7,14H2,1-2H3. The van der Waals surface area contributed by atoms with E-state index < -0.39 is 0 Å². The number of aromatic nitrogens is 4. The van der Waals surface area contributed by atoms with Crippen LogP contribution in [0.15, 0.2) is 30.7 Å². The molecule has 0 aliphatic carbocycles. The molecule has 0 aromatic carbocycles. The number of aryl methyl sites for hydroxylation is 2. The number of hydrogen-bond acceptors (Lipinski definition) is 4. The Morgan fingerprint density at radius 2 is 2.22 bits per heavy atom. The van der Waals surface area contributed by atoms with Crippen LogP contribution in [0.25, 0.3) is 0 Å². The molecule has 0 aliphatic heterocycles. The van der Waals surface area contributed by atoms with E-state index in [2.05, 4.69) is 35.2 Å². The summed E-state index contributed by atoms with van der Waals surface area (Å²) >= 11 is 0. The lowest BCUT2D eigenvalue weighted by atomic mass is 10.0. The molecule has 2 N–H and O–H groups in total. The number of nitrogens with two attached hydrogens (primary N) is 1. The summed E-state index contributed by atoms with van der Waals surface area (Å²) in [6.45, 7) is 4.96. The molecule has 96 valence electrons. The molecule has 0 saturated heterocycles. The van der Waals surface area contributed by atoms with Gasteiger partial charge in [-0.2, -0.15) is 0 Å². The molecule has 0 saturated carbocycles.